The summed E-state index contributed by atoms with van der Waals surface area (Å²) in [5.74, 6) is -0.583. The number of ether oxygens (including phenoxy) is 1. The molecule has 30 heavy (non-hydrogen) atoms. The Kier molecular flexibility index (Phi) is 3.66. The molecule has 0 saturated carbocycles. The lowest BCUT2D eigenvalue weighted by Crippen LogP contribution is -2.41. The maximum Gasteiger partial charge on any atom is 0.238 e. The van der Waals surface area contributed by atoms with E-state index < -0.39 is 0 Å². The molecule has 2 amide bonds. The SMILES string of the molecule is CCOc1ccccc1N1C(=O)[C@H]2C3c4ccccc4C(c4ccccc43)[C@@H]2C1=O. The Morgan fingerprint density at radius 1 is 0.700 bits per heavy atom. The van der Waals surface area contributed by atoms with E-state index in [0.717, 1.165) is 0 Å². The van der Waals surface area contributed by atoms with Gasteiger partial charge in [-0.1, -0.05) is 60.7 Å². The van der Waals surface area contributed by atoms with Gasteiger partial charge in [0.2, 0.25) is 11.8 Å². The molecule has 0 spiro atoms. The molecule has 7 rings (SSSR count). The van der Waals surface area contributed by atoms with Crippen molar-refractivity contribution >= 4 is 17.5 Å². The number of benzene rings is 3. The molecule has 0 unspecified atom stereocenters. The number of nitrogens with zero attached hydrogens (tertiary/aromatic N) is 1. The van der Waals surface area contributed by atoms with Crippen LogP contribution in [0.1, 0.15) is 41.0 Å². The van der Waals surface area contributed by atoms with Crippen LogP contribution < -0.4 is 9.64 Å². The minimum absolute atomic E-state index is 0.0897. The first kappa shape index (κ1) is 17.5. The van der Waals surface area contributed by atoms with Gasteiger partial charge in [-0.2, -0.15) is 0 Å². The first-order valence-corrected chi connectivity index (χ1v) is 10.5. The van der Waals surface area contributed by atoms with Gasteiger partial charge in [-0.15, -0.1) is 0 Å². The molecule has 3 aromatic rings. The highest BCUT2D eigenvalue weighted by atomic mass is 16.5. The minimum Gasteiger partial charge on any atom is -0.492 e. The largest absolute Gasteiger partial charge is 0.492 e. The Bertz CT molecular complexity index is 1080. The first-order valence-electron chi connectivity index (χ1n) is 10.5. The number of rotatable bonds is 3. The second kappa shape index (κ2) is 6.30. The number of carbonyl (C=O) groups is 2. The zero-order chi connectivity index (χ0) is 20.4. The summed E-state index contributed by atoms with van der Waals surface area (Å²) in [5.41, 5.74) is 5.29. The van der Waals surface area contributed by atoms with Crippen LogP contribution in [-0.4, -0.2) is 18.4 Å². The summed E-state index contributed by atoms with van der Waals surface area (Å²) in [6, 6.07) is 23.9. The third-order valence-electron chi connectivity index (χ3n) is 6.85. The van der Waals surface area contributed by atoms with Crippen molar-refractivity contribution in [1.82, 2.24) is 0 Å². The van der Waals surface area contributed by atoms with E-state index >= 15 is 0 Å². The van der Waals surface area contributed by atoms with Gasteiger partial charge in [-0.05, 0) is 41.3 Å². The molecule has 0 aromatic heterocycles. The van der Waals surface area contributed by atoms with Gasteiger partial charge in [0, 0.05) is 11.8 Å². The molecule has 0 N–H and O–H groups in total. The summed E-state index contributed by atoms with van der Waals surface area (Å²) in [7, 11) is 0. The van der Waals surface area contributed by atoms with Gasteiger partial charge in [0.25, 0.3) is 0 Å². The van der Waals surface area contributed by atoms with Crippen LogP contribution >= 0.6 is 0 Å². The van der Waals surface area contributed by atoms with E-state index in [-0.39, 0.29) is 35.5 Å². The number of imide groups is 1. The van der Waals surface area contributed by atoms with Gasteiger partial charge in [0.05, 0.1) is 24.1 Å². The lowest BCUT2D eigenvalue weighted by molar-refractivity contribution is -0.122. The van der Waals surface area contributed by atoms with Gasteiger partial charge in [-0.25, -0.2) is 4.90 Å². The highest BCUT2D eigenvalue weighted by molar-refractivity contribution is 6.24. The zero-order valence-corrected chi connectivity index (χ0v) is 16.6. The standard InChI is InChI=1S/C26H21NO3/c1-2-30-20-14-8-7-13-19(20)27-25(28)23-21-15-9-3-4-10-16(15)22(24(23)26(27)29)18-12-6-5-11-17(18)21/h3-14,21-24H,2H2,1H3/t21?,22?,23-,24-/m0/s1. The highest BCUT2D eigenvalue weighted by Crippen LogP contribution is 2.61. The second-order valence-corrected chi connectivity index (χ2v) is 8.18. The molecule has 2 bridgehead atoms. The predicted molar refractivity (Wildman–Crippen MR) is 114 cm³/mol. The van der Waals surface area contributed by atoms with Gasteiger partial charge in [0.1, 0.15) is 5.75 Å². The fraction of sp³-hybridized carbons (Fsp3) is 0.231. The van der Waals surface area contributed by atoms with Crippen molar-refractivity contribution in [2.24, 2.45) is 11.8 Å². The predicted octanol–water partition coefficient (Wildman–Crippen LogP) is 4.48. The normalized spacial score (nSPS) is 25.7. The average molecular weight is 395 g/mol. The van der Waals surface area contributed by atoms with Crippen molar-refractivity contribution in [3.05, 3.63) is 95.1 Å². The fourth-order valence-electron chi connectivity index (χ4n) is 5.83. The fourth-order valence-corrected chi connectivity index (χ4v) is 5.83. The van der Waals surface area contributed by atoms with E-state index in [1.165, 1.54) is 27.2 Å². The molecule has 0 radical (unpaired) electrons. The van der Waals surface area contributed by atoms with Crippen LogP contribution in [0.4, 0.5) is 5.69 Å². The van der Waals surface area contributed by atoms with Crippen LogP contribution in [0.3, 0.4) is 0 Å². The quantitative estimate of drug-likeness (QED) is 0.614. The van der Waals surface area contributed by atoms with Gasteiger partial charge >= 0.3 is 0 Å². The molecule has 2 atom stereocenters. The Morgan fingerprint density at radius 2 is 1.13 bits per heavy atom. The molecule has 3 aromatic carbocycles. The third-order valence-corrected chi connectivity index (χ3v) is 6.85. The van der Waals surface area contributed by atoms with Crippen LogP contribution in [0.2, 0.25) is 0 Å². The molecule has 1 aliphatic heterocycles. The van der Waals surface area contributed by atoms with Crippen molar-refractivity contribution in [3.8, 4) is 5.75 Å². The van der Waals surface area contributed by atoms with Crippen LogP contribution in [-0.2, 0) is 9.59 Å². The summed E-state index contributed by atoms with van der Waals surface area (Å²) >= 11 is 0. The van der Waals surface area contributed by atoms with Crippen molar-refractivity contribution in [2.75, 3.05) is 11.5 Å². The second-order valence-electron chi connectivity index (χ2n) is 8.18. The van der Waals surface area contributed by atoms with Crippen LogP contribution in [0, 0.1) is 11.8 Å². The molecule has 1 heterocycles. The molecule has 148 valence electrons. The minimum atomic E-state index is -0.373. The summed E-state index contributed by atoms with van der Waals surface area (Å²) in [4.78, 5) is 28.9. The summed E-state index contributed by atoms with van der Waals surface area (Å²) in [5, 5.41) is 0. The Morgan fingerprint density at radius 3 is 1.60 bits per heavy atom. The summed E-state index contributed by atoms with van der Waals surface area (Å²) in [6.45, 7) is 2.37. The first-order chi connectivity index (χ1) is 14.7. The molecular weight excluding hydrogens is 374 g/mol. The summed E-state index contributed by atoms with van der Waals surface area (Å²) in [6.07, 6.45) is 0. The molecule has 3 aliphatic carbocycles. The van der Waals surface area contributed by atoms with Crippen molar-refractivity contribution in [1.29, 1.82) is 0 Å². The highest BCUT2D eigenvalue weighted by Gasteiger charge is 2.62. The topological polar surface area (TPSA) is 46.6 Å². The third kappa shape index (κ3) is 2.11. The lowest BCUT2D eigenvalue weighted by Gasteiger charge is -2.45. The van der Waals surface area contributed by atoms with E-state index in [0.29, 0.717) is 18.0 Å². The number of anilines is 1. The number of hydrogen-bond acceptors (Lipinski definition) is 3. The van der Waals surface area contributed by atoms with E-state index in [1.807, 2.05) is 49.4 Å². The van der Waals surface area contributed by atoms with Crippen molar-refractivity contribution in [2.45, 2.75) is 18.8 Å². The van der Waals surface area contributed by atoms with Crippen molar-refractivity contribution < 1.29 is 14.3 Å². The van der Waals surface area contributed by atoms with E-state index in [2.05, 4.69) is 24.3 Å². The van der Waals surface area contributed by atoms with Crippen LogP contribution in [0.5, 0.6) is 5.75 Å². The lowest BCUT2D eigenvalue weighted by atomic mass is 9.55. The average Bonchev–Trinajstić information content (AvgIpc) is 3.05. The number of amides is 2. The van der Waals surface area contributed by atoms with Gasteiger partial charge in [-0.3, -0.25) is 9.59 Å². The van der Waals surface area contributed by atoms with Gasteiger partial charge < -0.3 is 4.74 Å². The number of carbonyl (C=O) groups excluding carboxylic acids is 2. The maximum absolute atomic E-state index is 13.8. The Labute approximate surface area is 175 Å². The number of para-hydroxylation sites is 2. The van der Waals surface area contributed by atoms with Crippen LogP contribution in [0.25, 0.3) is 0 Å². The van der Waals surface area contributed by atoms with Gasteiger partial charge in [0.15, 0.2) is 0 Å². The number of hydrogen-bond donors (Lipinski definition) is 0. The van der Waals surface area contributed by atoms with E-state index in [1.54, 1.807) is 6.07 Å². The van der Waals surface area contributed by atoms with Crippen molar-refractivity contribution in [3.63, 3.8) is 0 Å². The summed E-state index contributed by atoms with van der Waals surface area (Å²) < 4.78 is 5.75. The Hall–Kier alpha value is -3.40. The van der Waals surface area contributed by atoms with E-state index in [9.17, 15) is 9.59 Å². The Balaban J connectivity index is 1.55. The molecule has 1 saturated heterocycles. The molecule has 4 aliphatic rings. The molecule has 1 fully saturated rings. The van der Waals surface area contributed by atoms with Crippen LogP contribution in [0.15, 0.2) is 72.8 Å². The smallest absolute Gasteiger partial charge is 0.238 e. The molecule has 4 heteroatoms. The van der Waals surface area contributed by atoms with E-state index in [4.69, 9.17) is 4.74 Å². The zero-order valence-electron chi connectivity index (χ0n) is 16.6. The molecular formula is C26H21NO3. The molecule has 4 nitrogen and oxygen atoms in total. The monoisotopic (exact) mass is 395 g/mol. The maximum atomic E-state index is 13.8.